The molecule has 266 valence electrons. The molecule has 2 saturated carbocycles. The van der Waals surface area contributed by atoms with Crippen molar-refractivity contribution >= 4 is 29.3 Å². The van der Waals surface area contributed by atoms with Crippen molar-refractivity contribution < 1.29 is 28.7 Å². The number of carbonyl (C=O) groups is 4. The number of anilines is 1. The summed E-state index contributed by atoms with van der Waals surface area (Å²) in [5, 5.41) is 16.5. The van der Waals surface area contributed by atoms with E-state index in [2.05, 4.69) is 20.6 Å². The number of nitrogens with one attached hydrogen (secondary N) is 2. The number of likely N-dealkylation sites (N-methyl/N-ethyl adjacent to an activating group) is 1. The Kier molecular flexibility index (Phi) is 15.0. The summed E-state index contributed by atoms with van der Waals surface area (Å²) in [5.41, 5.74) is 6.27. The Morgan fingerprint density at radius 3 is 2.12 bits per heavy atom. The van der Waals surface area contributed by atoms with Crippen molar-refractivity contribution in [3.63, 3.8) is 0 Å². The molecule has 1 aromatic carbocycles. The first kappa shape index (κ1) is 38.6. The maximum atomic E-state index is 15.1. The third-order valence-corrected chi connectivity index (χ3v) is 9.31. The molecule has 1 aliphatic heterocycles. The van der Waals surface area contributed by atoms with Gasteiger partial charge in [0, 0.05) is 64.8 Å². The van der Waals surface area contributed by atoms with Crippen LogP contribution in [-0.4, -0.2) is 94.7 Å². The van der Waals surface area contributed by atoms with Crippen LogP contribution in [0.2, 0.25) is 0 Å². The molecule has 4 amide bonds. The summed E-state index contributed by atoms with van der Waals surface area (Å²) in [7, 11) is 3.02. The van der Waals surface area contributed by atoms with Crippen LogP contribution in [-0.2, 0) is 20.9 Å². The monoisotopic (exact) mass is 671 g/mol. The lowest BCUT2D eigenvalue weighted by Gasteiger charge is -2.36. The zero-order valence-electron chi connectivity index (χ0n) is 29.1. The molecule has 0 bridgehead atoms. The largest absolute Gasteiger partial charge is 0.400 e. The van der Waals surface area contributed by atoms with E-state index < -0.39 is 23.7 Å². The van der Waals surface area contributed by atoms with E-state index in [1.165, 1.54) is 31.7 Å². The molecule has 1 aromatic heterocycles. The standard InChI is InChI=1S/C28H41FN4O3.C6H9N3O.CH4O/c1-4-5-25(34)31-27(28(36)33-14-12-32(3)13-15-33)18(2)21-10-11-24(23(29)16-21)30-26(35)17-22(19-6-7-19)20-8-9-20;1-2-9-5(6(7)10)3-4-8-9;1-2/h10-11,16,18-20,22,27H,4-9,12-15,17H2,1-3H3,(H,30,35)(H,31,34);3-4H,2H2,1H3,(H2,7,10);2H,1H3. The Balaban J connectivity index is 0.000000442. The molecule has 2 aliphatic carbocycles. The van der Waals surface area contributed by atoms with E-state index in [0.717, 1.165) is 20.2 Å². The molecule has 3 aliphatic rings. The molecule has 2 atom stereocenters. The molecule has 12 nitrogen and oxygen atoms in total. The summed E-state index contributed by atoms with van der Waals surface area (Å²) in [4.78, 5) is 53.1. The fourth-order valence-electron chi connectivity index (χ4n) is 6.18. The van der Waals surface area contributed by atoms with Gasteiger partial charge in [0.05, 0.1) is 5.69 Å². The molecule has 2 heterocycles. The van der Waals surface area contributed by atoms with Crippen molar-refractivity contribution in [2.75, 3.05) is 45.7 Å². The number of nitrogens with zero attached hydrogens (tertiary/aromatic N) is 4. The third-order valence-electron chi connectivity index (χ3n) is 9.31. The summed E-state index contributed by atoms with van der Waals surface area (Å²) < 4.78 is 16.7. The minimum absolute atomic E-state index is 0.131. The Morgan fingerprint density at radius 2 is 1.62 bits per heavy atom. The molecule has 0 radical (unpaired) electrons. The van der Waals surface area contributed by atoms with E-state index in [9.17, 15) is 19.2 Å². The number of hydrogen-bond donors (Lipinski definition) is 4. The second-order valence-corrected chi connectivity index (χ2v) is 12.9. The number of nitrogens with two attached hydrogens (primary N) is 1. The van der Waals surface area contributed by atoms with Crippen molar-refractivity contribution in [1.82, 2.24) is 24.9 Å². The Labute approximate surface area is 283 Å². The molecule has 2 unspecified atom stereocenters. The maximum Gasteiger partial charge on any atom is 0.266 e. The number of rotatable bonds is 13. The summed E-state index contributed by atoms with van der Waals surface area (Å²) >= 11 is 0. The first-order valence-electron chi connectivity index (χ1n) is 17.1. The molecule has 0 spiro atoms. The van der Waals surface area contributed by atoms with E-state index >= 15 is 4.39 Å². The van der Waals surface area contributed by atoms with Gasteiger partial charge in [0.25, 0.3) is 5.91 Å². The highest BCUT2D eigenvalue weighted by atomic mass is 19.1. The number of carbonyl (C=O) groups excluding carboxylic acids is 4. The zero-order chi connectivity index (χ0) is 35.4. The minimum Gasteiger partial charge on any atom is -0.400 e. The maximum absolute atomic E-state index is 15.1. The van der Waals surface area contributed by atoms with Crippen LogP contribution in [0.4, 0.5) is 10.1 Å². The van der Waals surface area contributed by atoms with E-state index in [4.69, 9.17) is 10.8 Å². The van der Waals surface area contributed by atoms with Crippen LogP contribution in [0.3, 0.4) is 0 Å². The highest BCUT2D eigenvalue weighted by Gasteiger charge is 2.42. The van der Waals surface area contributed by atoms with Gasteiger partial charge < -0.3 is 31.3 Å². The molecule has 48 heavy (non-hydrogen) atoms. The third kappa shape index (κ3) is 11.1. The average molecular weight is 672 g/mol. The van der Waals surface area contributed by atoms with Gasteiger partial charge >= 0.3 is 0 Å². The minimum atomic E-state index is -0.773. The Hall–Kier alpha value is -3.84. The first-order valence-corrected chi connectivity index (χ1v) is 17.1. The van der Waals surface area contributed by atoms with Gasteiger partial charge in [0.2, 0.25) is 17.7 Å². The molecule has 5 N–H and O–H groups in total. The van der Waals surface area contributed by atoms with Gasteiger partial charge in [-0.3, -0.25) is 23.9 Å². The number of piperazine rings is 1. The van der Waals surface area contributed by atoms with Gasteiger partial charge in [-0.2, -0.15) is 5.10 Å². The Morgan fingerprint density at radius 1 is 1.00 bits per heavy atom. The highest BCUT2D eigenvalue weighted by molar-refractivity contribution is 5.92. The molecular formula is C35H54FN7O5. The van der Waals surface area contributed by atoms with Gasteiger partial charge in [-0.1, -0.05) is 19.9 Å². The second kappa shape index (κ2) is 18.6. The Bertz CT molecular complexity index is 1360. The lowest BCUT2D eigenvalue weighted by Crippen LogP contribution is -2.55. The summed E-state index contributed by atoms with van der Waals surface area (Å²) in [6.45, 7) is 9.09. The number of aliphatic hydroxyl groups is 1. The topological polar surface area (TPSA) is 163 Å². The van der Waals surface area contributed by atoms with Crippen LogP contribution in [0.1, 0.15) is 87.7 Å². The molecule has 2 aromatic rings. The van der Waals surface area contributed by atoms with Gasteiger partial charge in [-0.25, -0.2) is 4.39 Å². The van der Waals surface area contributed by atoms with Crippen LogP contribution >= 0.6 is 0 Å². The normalized spacial score (nSPS) is 17.3. The molecule has 3 fully saturated rings. The number of aliphatic hydroxyl groups excluding tert-OH is 1. The smallest absolute Gasteiger partial charge is 0.266 e. The molecule has 13 heteroatoms. The lowest BCUT2D eigenvalue weighted by molar-refractivity contribution is -0.138. The molecule has 1 saturated heterocycles. The highest BCUT2D eigenvalue weighted by Crippen LogP contribution is 2.50. The molecule has 5 rings (SSSR count). The predicted molar refractivity (Wildman–Crippen MR) is 182 cm³/mol. The number of amides is 4. The number of hydrogen-bond acceptors (Lipinski definition) is 7. The van der Waals surface area contributed by atoms with E-state index in [-0.39, 0.29) is 23.4 Å². The SMILES string of the molecule is CCCC(=O)NC(C(=O)N1CCN(C)CC1)C(C)c1ccc(NC(=O)CC(C2CC2)C2CC2)c(F)c1.CCn1nccc1C(N)=O.CO. The van der Waals surface area contributed by atoms with Gasteiger partial charge in [0.1, 0.15) is 17.6 Å². The van der Waals surface area contributed by atoms with Gasteiger partial charge in [0.15, 0.2) is 0 Å². The fourth-order valence-corrected chi connectivity index (χ4v) is 6.18. The summed E-state index contributed by atoms with van der Waals surface area (Å²) in [6, 6.07) is 5.54. The average Bonchev–Trinajstić information content (AvgIpc) is 4.03. The van der Waals surface area contributed by atoms with E-state index in [1.807, 2.05) is 27.8 Å². The van der Waals surface area contributed by atoms with Crippen LogP contribution in [0.25, 0.3) is 0 Å². The van der Waals surface area contributed by atoms with Crippen LogP contribution in [0, 0.1) is 23.6 Å². The number of aryl methyl sites for hydroxylation is 1. The lowest BCUT2D eigenvalue weighted by atomic mass is 9.91. The first-order chi connectivity index (χ1) is 23.0. The quantitative estimate of drug-likeness (QED) is 0.254. The van der Waals surface area contributed by atoms with E-state index in [1.54, 1.807) is 34.0 Å². The van der Waals surface area contributed by atoms with Crippen LogP contribution < -0.4 is 16.4 Å². The van der Waals surface area contributed by atoms with Crippen molar-refractivity contribution in [2.24, 2.45) is 23.5 Å². The van der Waals surface area contributed by atoms with Crippen LogP contribution in [0.5, 0.6) is 0 Å². The van der Waals surface area contributed by atoms with Gasteiger partial charge in [-0.15, -0.1) is 0 Å². The fraction of sp³-hybridized carbons (Fsp3) is 0.629. The van der Waals surface area contributed by atoms with Gasteiger partial charge in [-0.05, 0) is 87.6 Å². The summed E-state index contributed by atoms with van der Waals surface area (Å²) in [6.07, 6.45) is 7.86. The number of primary amides is 1. The number of aromatic nitrogens is 2. The van der Waals surface area contributed by atoms with E-state index in [0.29, 0.717) is 67.9 Å². The molecular weight excluding hydrogens is 617 g/mol. The van der Waals surface area contributed by atoms with Crippen molar-refractivity contribution in [3.8, 4) is 0 Å². The summed E-state index contributed by atoms with van der Waals surface area (Å²) in [5.74, 6) is -0.0681. The number of benzene rings is 1. The predicted octanol–water partition coefficient (Wildman–Crippen LogP) is 3.36. The number of halogens is 1. The van der Waals surface area contributed by atoms with Crippen molar-refractivity contribution in [3.05, 3.63) is 47.5 Å². The van der Waals surface area contributed by atoms with Crippen LogP contribution in [0.15, 0.2) is 30.5 Å². The zero-order valence-corrected chi connectivity index (χ0v) is 29.1. The second-order valence-electron chi connectivity index (χ2n) is 12.9. The van der Waals surface area contributed by atoms with Crippen molar-refractivity contribution in [2.45, 2.75) is 84.2 Å². The van der Waals surface area contributed by atoms with Crippen molar-refractivity contribution in [1.29, 1.82) is 0 Å².